The first-order valence-electron chi connectivity index (χ1n) is 4.12. The maximum absolute atomic E-state index is 11.2. The summed E-state index contributed by atoms with van der Waals surface area (Å²) in [5.74, 6) is -1.18. The van der Waals surface area contributed by atoms with Gasteiger partial charge in [0, 0.05) is 0 Å². The van der Waals surface area contributed by atoms with Crippen LogP contribution in [-0.2, 0) is 9.47 Å². The van der Waals surface area contributed by atoms with E-state index >= 15 is 0 Å². The van der Waals surface area contributed by atoms with E-state index in [1.54, 1.807) is 0 Å². The van der Waals surface area contributed by atoms with Crippen LogP contribution in [0.4, 0.5) is 5.69 Å². The van der Waals surface area contributed by atoms with Crippen molar-refractivity contribution >= 4 is 17.6 Å². The molecule has 0 aromatic heterocycles. The standard InChI is InChI=1S/C10H10NO4/c1-14-9(12)6-3-7(10(13)15-2)5-8(11)4-6/h3-5,11H,1-2H3. The summed E-state index contributed by atoms with van der Waals surface area (Å²) in [5.41, 5.74) is 7.77. The van der Waals surface area contributed by atoms with Crippen molar-refractivity contribution in [2.75, 3.05) is 14.2 Å². The summed E-state index contributed by atoms with van der Waals surface area (Å²) in [4.78, 5) is 22.3. The van der Waals surface area contributed by atoms with Gasteiger partial charge in [0.1, 0.15) is 0 Å². The molecule has 0 aliphatic rings. The lowest BCUT2D eigenvalue weighted by Crippen LogP contribution is -2.06. The molecule has 0 aliphatic carbocycles. The van der Waals surface area contributed by atoms with Gasteiger partial charge >= 0.3 is 11.9 Å². The van der Waals surface area contributed by atoms with Crippen LogP contribution in [-0.4, -0.2) is 26.2 Å². The zero-order chi connectivity index (χ0) is 11.4. The van der Waals surface area contributed by atoms with E-state index in [0.29, 0.717) is 0 Å². The van der Waals surface area contributed by atoms with Crippen molar-refractivity contribution in [2.45, 2.75) is 0 Å². The first-order chi connectivity index (χ1) is 7.08. The minimum Gasteiger partial charge on any atom is -0.465 e. The molecule has 1 aromatic rings. The van der Waals surface area contributed by atoms with Crippen molar-refractivity contribution in [1.82, 2.24) is 5.73 Å². The number of ether oxygens (including phenoxy) is 2. The Bertz CT molecular complexity index is 366. The molecule has 0 aliphatic heterocycles. The van der Waals surface area contributed by atoms with Gasteiger partial charge < -0.3 is 15.2 Å². The van der Waals surface area contributed by atoms with E-state index in [9.17, 15) is 9.59 Å². The van der Waals surface area contributed by atoms with Crippen molar-refractivity contribution in [3.8, 4) is 0 Å². The lowest BCUT2D eigenvalue weighted by atomic mass is 10.1. The van der Waals surface area contributed by atoms with Gasteiger partial charge in [0.2, 0.25) is 0 Å². The highest BCUT2D eigenvalue weighted by Gasteiger charge is 2.12. The van der Waals surface area contributed by atoms with Crippen molar-refractivity contribution in [2.24, 2.45) is 0 Å². The fourth-order valence-electron chi connectivity index (χ4n) is 1.10. The van der Waals surface area contributed by atoms with E-state index in [1.807, 2.05) is 0 Å². The average molecular weight is 208 g/mol. The van der Waals surface area contributed by atoms with Crippen molar-refractivity contribution in [1.29, 1.82) is 0 Å². The van der Waals surface area contributed by atoms with E-state index in [-0.39, 0.29) is 16.8 Å². The smallest absolute Gasteiger partial charge is 0.337 e. The van der Waals surface area contributed by atoms with Crippen molar-refractivity contribution < 1.29 is 19.1 Å². The summed E-state index contributed by atoms with van der Waals surface area (Å²) in [7, 11) is 2.47. The second kappa shape index (κ2) is 4.45. The van der Waals surface area contributed by atoms with Crippen LogP contribution in [0.25, 0.3) is 0 Å². The molecule has 15 heavy (non-hydrogen) atoms. The number of rotatable bonds is 2. The molecule has 1 aromatic carbocycles. The number of hydrogen-bond donors (Lipinski definition) is 0. The predicted molar refractivity (Wildman–Crippen MR) is 51.9 cm³/mol. The molecule has 5 nitrogen and oxygen atoms in total. The van der Waals surface area contributed by atoms with Gasteiger partial charge in [0.25, 0.3) is 0 Å². The molecule has 0 saturated heterocycles. The van der Waals surface area contributed by atoms with Crippen LogP contribution >= 0.6 is 0 Å². The van der Waals surface area contributed by atoms with E-state index in [0.717, 1.165) is 0 Å². The minimum absolute atomic E-state index is 0.0540. The third-order valence-corrected chi connectivity index (χ3v) is 1.78. The maximum Gasteiger partial charge on any atom is 0.337 e. The highest BCUT2D eigenvalue weighted by atomic mass is 16.5. The molecule has 0 fully saturated rings. The van der Waals surface area contributed by atoms with Crippen molar-refractivity contribution in [3.63, 3.8) is 0 Å². The van der Waals surface area contributed by atoms with Gasteiger partial charge in [-0.1, -0.05) is 0 Å². The lowest BCUT2D eigenvalue weighted by Gasteiger charge is -2.03. The van der Waals surface area contributed by atoms with Gasteiger partial charge in [-0.15, -0.1) is 0 Å². The number of carbonyl (C=O) groups is 2. The highest BCUT2D eigenvalue weighted by molar-refractivity contribution is 5.96. The largest absolute Gasteiger partial charge is 0.465 e. The lowest BCUT2D eigenvalue weighted by molar-refractivity contribution is 0.0599. The Balaban J connectivity index is 3.16. The number of carbonyl (C=O) groups excluding carboxylic acids is 2. The topological polar surface area (TPSA) is 76.4 Å². The second-order valence-corrected chi connectivity index (χ2v) is 2.78. The monoisotopic (exact) mass is 208 g/mol. The molecule has 0 saturated carbocycles. The van der Waals surface area contributed by atoms with Gasteiger partial charge in [0.05, 0.1) is 31.0 Å². The molecular formula is C10H10NO4. The van der Waals surface area contributed by atoms with Crippen LogP contribution in [0.2, 0.25) is 0 Å². The number of hydrogen-bond acceptors (Lipinski definition) is 4. The third-order valence-electron chi connectivity index (χ3n) is 1.78. The van der Waals surface area contributed by atoms with Gasteiger partial charge in [-0.25, -0.2) is 9.59 Å². The fourth-order valence-corrected chi connectivity index (χ4v) is 1.10. The first kappa shape index (κ1) is 11.0. The van der Waals surface area contributed by atoms with Crippen LogP contribution < -0.4 is 5.73 Å². The Morgan fingerprint density at radius 3 is 1.73 bits per heavy atom. The molecule has 0 bridgehead atoms. The number of benzene rings is 1. The summed E-state index contributed by atoms with van der Waals surface area (Å²) in [6, 6.07) is 3.96. The van der Waals surface area contributed by atoms with Gasteiger partial charge in [0.15, 0.2) is 0 Å². The normalized spacial score (nSPS) is 9.47. The van der Waals surface area contributed by atoms with Gasteiger partial charge in [-0.2, -0.15) is 0 Å². The molecule has 0 amide bonds. The summed E-state index contributed by atoms with van der Waals surface area (Å²) in [5, 5.41) is 0. The number of esters is 2. The predicted octanol–water partition coefficient (Wildman–Crippen LogP) is 1.17. The van der Waals surface area contributed by atoms with Gasteiger partial charge in [-0.05, 0) is 18.2 Å². The molecule has 1 rings (SSSR count). The second-order valence-electron chi connectivity index (χ2n) is 2.78. The number of nitrogens with one attached hydrogen (secondary N) is 1. The van der Waals surface area contributed by atoms with Crippen LogP contribution in [0.1, 0.15) is 20.7 Å². The minimum atomic E-state index is -0.589. The van der Waals surface area contributed by atoms with Crippen LogP contribution in [0.5, 0.6) is 0 Å². The summed E-state index contributed by atoms with van der Waals surface area (Å²) < 4.78 is 8.97. The maximum atomic E-state index is 11.2. The molecule has 0 atom stereocenters. The third kappa shape index (κ3) is 2.46. The summed E-state index contributed by atoms with van der Waals surface area (Å²) >= 11 is 0. The molecule has 0 heterocycles. The highest BCUT2D eigenvalue weighted by Crippen LogP contribution is 2.14. The Morgan fingerprint density at radius 2 is 1.40 bits per heavy atom. The molecule has 0 spiro atoms. The molecule has 5 heteroatoms. The molecule has 79 valence electrons. The molecule has 1 radical (unpaired) electrons. The van der Waals surface area contributed by atoms with E-state index in [1.165, 1.54) is 32.4 Å². The zero-order valence-electron chi connectivity index (χ0n) is 8.37. The van der Waals surface area contributed by atoms with Gasteiger partial charge in [-0.3, -0.25) is 0 Å². The summed E-state index contributed by atoms with van der Waals surface area (Å²) in [6.45, 7) is 0. The van der Waals surface area contributed by atoms with E-state index < -0.39 is 11.9 Å². The Labute approximate surface area is 86.8 Å². The molecule has 0 unspecified atom stereocenters. The zero-order valence-corrected chi connectivity index (χ0v) is 8.37. The van der Waals surface area contributed by atoms with Crippen molar-refractivity contribution in [3.05, 3.63) is 29.3 Å². The Kier molecular flexibility index (Phi) is 3.28. The van der Waals surface area contributed by atoms with Crippen LogP contribution in [0, 0.1) is 0 Å². The van der Waals surface area contributed by atoms with E-state index in [4.69, 9.17) is 5.73 Å². The fraction of sp³-hybridized carbons (Fsp3) is 0.200. The van der Waals surface area contributed by atoms with Crippen LogP contribution in [0.3, 0.4) is 0 Å². The quantitative estimate of drug-likeness (QED) is 0.683. The average Bonchev–Trinajstić information content (AvgIpc) is 2.26. The summed E-state index contributed by atoms with van der Waals surface area (Å²) in [6.07, 6.45) is 0. The first-order valence-corrected chi connectivity index (χ1v) is 4.12. The SMILES string of the molecule is COC(=O)c1cc([NH])cc(C(=O)OC)c1. The molecule has 1 N–H and O–H groups in total. The Morgan fingerprint density at radius 1 is 1.00 bits per heavy atom. The van der Waals surface area contributed by atoms with E-state index in [2.05, 4.69) is 9.47 Å². The van der Waals surface area contributed by atoms with Crippen LogP contribution in [0.15, 0.2) is 18.2 Å². The Hall–Kier alpha value is -2.04. The number of methoxy groups -OCH3 is 2. The molecular weight excluding hydrogens is 198 g/mol.